The fourth-order valence-electron chi connectivity index (χ4n) is 1.59. The number of hydrogen-bond acceptors (Lipinski definition) is 3. The lowest BCUT2D eigenvalue weighted by Gasteiger charge is -2.04. The summed E-state index contributed by atoms with van der Waals surface area (Å²) < 4.78 is 12.0. The Labute approximate surface area is 126 Å². The van der Waals surface area contributed by atoms with Crippen molar-refractivity contribution in [3.63, 3.8) is 0 Å². The smallest absolute Gasteiger partial charge is 0.286 e. The lowest BCUT2D eigenvalue weighted by molar-refractivity contribution is 0.0922. The van der Waals surface area contributed by atoms with Gasteiger partial charge in [0.15, 0.2) is 5.76 Å². The number of carbonyl (C=O) groups excluding carboxylic acids is 1. The van der Waals surface area contributed by atoms with Crippen LogP contribution < -0.4 is 10.1 Å². The zero-order valence-electron chi connectivity index (χ0n) is 11.2. The summed E-state index contributed by atoms with van der Waals surface area (Å²) in [4.78, 5) is 11.7. The molecule has 2 rings (SSSR count). The summed E-state index contributed by atoms with van der Waals surface area (Å²) >= 11 is 3.36. The van der Waals surface area contributed by atoms with Crippen molar-refractivity contribution in [3.8, 4) is 5.75 Å². The molecule has 0 unspecified atom stereocenters. The summed E-state index contributed by atoms with van der Waals surface area (Å²) in [6.07, 6.45) is 0.895. The van der Waals surface area contributed by atoms with Gasteiger partial charge >= 0.3 is 0 Å². The molecule has 0 aliphatic rings. The van der Waals surface area contributed by atoms with Gasteiger partial charge in [-0.1, -0.05) is 22.9 Å². The lowest BCUT2D eigenvalue weighted by atomic mass is 10.3. The Kier molecular flexibility index (Phi) is 5.24. The molecule has 106 valence electrons. The molecule has 5 heteroatoms. The Morgan fingerprint density at radius 3 is 2.70 bits per heavy atom. The molecular formula is C15H16BrNO3. The average molecular weight is 338 g/mol. The van der Waals surface area contributed by atoms with Crippen LogP contribution in [0.2, 0.25) is 0 Å². The number of amides is 1. The number of rotatable bonds is 6. The highest BCUT2D eigenvalue weighted by Gasteiger charge is 2.10. The second-order valence-electron chi connectivity index (χ2n) is 4.26. The SMILES string of the molecule is CCCNC(=O)c1ccc(COc2ccc(Br)cc2)o1. The Morgan fingerprint density at radius 1 is 1.25 bits per heavy atom. The van der Waals surface area contributed by atoms with Gasteiger partial charge in [0, 0.05) is 11.0 Å². The highest BCUT2D eigenvalue weighted by molar-refractivity contribution is 9.10. The first-order valence-corrected chi connectivity index (χ1v) is 7.23. The van der Waals surface area contributed by atoms with Gasteiger partial charge in [0.25, 0.3) is 5.91 Å². The molecule has 0 aliphatic heterocycles. The van der Waals surface area contributed by atoms with E-state index in [0.717, 1.165) is 16.6 Å². The first-order chi connectivity index (χ1) is 9.69. The van der Waals surface area contributed by atoms with Crippen LogP contribution in [0.3, 0.4) is 0 Å². The van der Waals surface area contributed by atoms with Gasteiger partial charge in [0.05, 0.1) is 0 Å². The third-order valence-electron chi connectivity index (χ3n) is 2.62. The Hall–Kier alpha value is -1.75. The maximum absolute atomic E-state index is 11.7. The highest BCUT2D eigenvalue weighted by Crippen LogP contribution is 2.18. The van der Waals surface area contributed by atoms with Crippen molar-refractivity contribution in [1.29, 1.82) is 0 Å². The predicted molar refractivity (Wildman–Crippen MR) is 79.8 cm³/mol. The van der Waals surface area contributed by atoms with Crippen molar-refractivity contribution in [3.05, 3.63) is 52.4 Å². The van der Waals surface area contributed by atoms with Crippen LogP contribution in [0.15, 0.2) is 45.3 Å². The zero-order valence-corrected chi connectivity index (χ0v) is 12.8. The van der Waals surface area contributed by atoms with Crippen molar-refractivity contribution in [2.75, 3.05) is 6.54 Å². The third-order valence-corrected chi connectivity index (χ3v) is 3.14. The van der Waals surface area contributed by atoms with E-state index in [2.05, 4.69) is 21.2 Å². The van der Waals surface area contributed by atoms with Gasteiger partial charge in [-0.05, 0) is 42.8 Å². The van der Waals surface area contributed by atoms with Gasteiger partial charge in [0.1, 0.15) is 18.1 Å². The van der Waals surface area contributed by atoms with E-state index in [1.807, 2.05) is 31.2 Å². The normalized spacial score (nSPS) is 10.3. The van der Waals surface area contributed by atoms with Gasteiger partial charge in [-0.15, -0.1) is 0 Å². The second-order valence-corrected chi connectivity index (χ2v) is 5.18. The molecular weight excluding hydrogens is 322 g/mol. The molecule has 1 aromatic carbocycles. The molecule has 20 heavy (non-hydrogen) atoms. The van der Waals surface area contributed by atoms with E-state index in [1.165, 1.54) is 0 Å². The minimum absolute atomic E-state index is 0.193. The van der Waals surface area contributed by atoms with Gasteiger partial charge < -0.3 is 14.5 Å². The topological polar surface area (TPSA) is 51.5 Å². The highest BCUT2D eigenvalue weighted by atomic mass is 79.9. The van der Waals surface area contributed by atoms with E-state index in [0.29, 0.717) is 24.7 Å². The maximum atomic E-state index is 11.7. The van der Waals surface area contributed by atoms with Crippen LogP contribution in [0.5, 0.6) is 5.75 Å². The van der Waals surface area contributed by atoms with Crippen molar-refractivity contribution in [1.82, 2.24) is 5.32 Å². The van der Waals surface area contributed by atoms with Crippen molar-refractivity contribution in [2.24, 2.45) is 0 Å². The largest absolute Gasteiger partial charge is 0.486 e. The van der Waals surface area contributed by atoms with Crippen LogP contribution in [0.4, 0.5) is 0 Å². The van der Waals surface area contributed by atoms with Gasteiger partial charge in [-0.3, -0.25) is 4.79 Å². The van der Waals surface area contributed by atoms with Crippen molar-refractivity contribution < 1.29 is 13.9 Å². The van der Waals surface area contributed by atoms with E-state index in [-0.39, 0.29) is 5.91 Å². The van der Waals surface area contributed by atoms with Gasteiger partial charge in [-0.25, -0.2) is 0 Å². The molecule has 2 aromatic rings. The van der Waals surface area contributed by atoms with Gasteiger partial charge in [0.2, 0.25) is 0 Å². The molecule has 0 radical (unpaired) electrons. The first kappa shape index (κ1) is 14.7. The standard InChI is InChI=1S/C15H16BrNO3/c1-2-9-17-15(18)14-8-7-13(20-14)10-19-12-5-3-11(16)4-6-12/h3-8H,2,9-10H2,1H3,(H,17,18). The molecule has 1 amide bonds. The van der Waals surface area contributed by atoms with Crippen molar-refractivity contribution >= 4 is 21.8 Å². The summed E-state index contributed by atoms with van der Waals surface area (Å²) in [5, 5.41) is 2.76. The number of hydrogen-bond donors (Lipinski definition) is 1. The van der Waals surface area contributed by atoms with Crippen LogP contribution in [-0.2, 0) is 6.61 Å². The number of halogens is 1. The van der Waals surface area contributed by atoms with Crippen LogP contribution in [0.1, 0.15) is 29.7 Å². The number of carbonyl (C=O) groups is 1. The van der Waals surface area contributed by atoms with Crippen LogP contribution in [0.25, 0.3) is 0 Å². The monoisotopic (exact) mass is 337 g/mol. The Balaban J connectivity index is 1.89. The first-order valence-electron chi connectivity index (χ1n) is 6.44. The number of furan rings is 1. The molecule has 0 aliphatic carbocycles. The van der Waals surface area contributed by atoms with E-state index >= 15 is 0 Å². The van der Waals surface area contributed by atoms with E-state index < -0.39 is 0 Å². The maximum Gasteiger partial charge on any atom is 0.286 e. The number of benzene rings is 1. The second kappa shape index (κ2) is 7.14. The number of ether oxygens (including phenoxy) is 1. The van der Waals surface area contributed by atoms with Crippen molar-refractivity contribution in [2.45, 2.75) is 20.0 Å². The lowest BCUT2D eigenvalue weighted by Crippen LogP contribution is -2.23. The fraction of sp³-hybridized carbons (Fsp3) is 0.267. The molecule has 0 bridgehead atoms. The average Bonchev–Trinajstić information content (AvgIpc) is 2.93. The molecule has 1 aromatic heterocycles. The van der Waals surface area contributed by atoms with Crippen LogP contribution >= 0.6 is 15.9 Å². The summed E-state index contributed by atoms with van der Waals surface area (Å²) in [6.45, 7) is 2.94. The van der Waals surface area contributed by atoms with E-state index in [1.54, 1.807) is 12.1 Å². The molecule has 0 fully saturated rings. The Bertz CT molecular complexity index is 563. The third kappa shape index (κ3) is 4.13. The minimum atomic E-state index is -0.193. The molecule has 0 atom stereocenters. The van der Waals surface area contributed by atoms with Crippen LogP contribution in [0, 0.1) is 0 Å². The molecule has 4 nitrogen and oxygen atoms in total. The molecule has 1 N–H and O–H groups in total. The summed E-state index contributed by atoms with van der Waals surface area (Å²) in [7, 11) is 0. The zero-order chi connectivity index (χ0) is 14.4. The molecule has 1 heterocycles. The fourth-order valence-corrected chi connectivity index (χ4v) is 1.85. The molecule has 0 saturated carbocycles. The molecule has 0 spiro atoms. The van der Waals surface area contributed by atoms with Gasteiger partial charge in [-0.2, -0.15) is 0 Å². The minimum Gasteiger partial charge on any atom is -0.486 e. The summed E-state index contributed by atoms with van der Waals surface area (Å²) in [5.74, 6) is 1.49. The Morgan fingerprint density at radius 2 is 2.00 bits per heavy atom. The van der Waals surface area contributed by atoms with Crippen LogP contribution in [-0.4, -0.2) is 12.5 Å². The van der Waals surface area contributed by atoms with E-state index in [9.17, 15) is 4.79 Å². The summed E-state index contributed by atoms with van der Waals surface area (Å²) in [5.41, 5.74) is 0. The quantitative estimate of drug-likeness (QED) is 0.873. The molecule has 0 saturated heterocycles. The number of nitrogens with one attached hydrogen (secondary N) is 1. The predicted octanol–water partition coefficient (Wildman–Crippen LogP) is 3.76. The van der Waals surface area contributed by atoms with E-state index in [4.69, 9.17) is 9.15 Å². The summed E-state index contributed by atoms with van der Waals surface area (Å²) in [6, 6.07) is 10.9.